The van der Waals surface area contributed by atoms with Gasteiger partial charge in [-0.2, -0.15) is 0 Å². The highest BCUT2D eigenvalue weighted by atomic mass is 16.5. The van der Waals surface area contributed by atoms with E-state index in [9.17, 15) is 9.59 Å². The minimum Gasteiger partial charge on any atom is -0.469 e. The number of carbonyl (C=O) groups is 2. The second-order valence-corrected chi connectivity index (χ2v) is 7.40. The lowest BCUT2D eigenvalue weighted by molar-refractivity contribution is -0.139. The molecule has 2 aromatic carbocycles. The van der Waals surface area contributed by atoms with Crippen LogP contribution in [0.2, 0.25) is 0 Å². The number of methoxy groups -OCH3 is 1. The summed E-state index contributed by atoms with van der Waals surface area (Å²) in [5.41, 5.74) is 9.68. The summed E-state index contributed by atoms with van der Waals surface area (Å²) < 4.78 is 6.37. The third kappa shape index (κ3) is 4.35. The molecule has 2 aromatic heterocycles. The van der Waals surface area contributed by atoms with Gasteiger partial charge in [0.25, 0.3) is 5.91 Å². The van der Waals surface area contributed by atoms with Crippen LogP contribution in [0.1, 0.15) is 34.6 Å². The number of carbonyl (C=O) groups excluding carboxylic acids is 2. The highest BCUT2D eigenvalue weighted by Gasteiger charge is 2.18. The maximum atomic E-state index is 13.2. The SMILES string of the molecule is COC(=O)Cc1ccccc1NC(=O)c1nc(-c2cccc(C(C)N)c2)nn2cccc12. The van der Waals surface area contributed by atoms with Gasteiger partial charge in [0.2, 0.25) is 0 Å². The summed E-state index contributed by atoms with van der Waals surface area (Å²) in [6.07, 6.45) is 1.81. The van der Waals surface area contributed by atoms with Crippen LogP contribution >= 0.6 is 0 Å². The fraction of sp³-hybridized carbons (Fsp3) is 0.167. The number of aromatic nitrogens is 3. The first kappa shape index (κ1) is 21.2. The summed E-state index contributed by atoms with van der Waals surface area (Å²) in [5, 5.41) is 7.42. The van der Waals surface area contributed by atoms with Crippen molar-refractivity contribution < 1.29 is 14.3 Å². The first-order valence-corrected chi connectivity index (χ1v) is 10.1. The summed E-state index contributed by atoms with van der Waals surface area (Å²) in [6, 6.07) is 18.2. The predicted molar refractivity (Wildman–Crippen MR) is 121 cm³/mol. The predicted octanol–water partition coefficient (Wildman–Crippen LogP) is 3.38. The molecule has 0 aliphatic carbocycles. The van der Waals surface area contributed by atoms with Crippen molar-refractivity contribution in [3.63, 3.8) is 0 Å². The molecule has 8 heteroatoms. The number of amides is 1. The summed E-state index contributed by atoms with van der Waals surface area (Å²) >= 11 is 0. The third-order valence-electron chi connectivity index (χ3n) is 5.10. The molecule has 3 N–H and O–H groups in total. The van der Waals surface area contributed by atoms with Crippen molar-refractivity contribution in [1.82, 2.24) is 14.6 Å². The molecule has 0 saturated heterocycles. The molecule has 1 unspecified atom stereocenters. The number of rotatable bonds is 6. The zero-order valence-electron chi connectivity index (χ0n) is 17.8. The van der Waals surface area contributed by atoms with E-state index in [1.165, 1.54) is 7.11 Å². The first-order chi connectivity index (χ1) is 15.5. The number of benzene rings is 2. The Morgan fingerprint density at radius 2 is 1.94 bits per heavy atom. The molecule has 162 valence electrons. The molecule has 4 aromatic rings. The molecule has 0 bridgehead atoms. The third-order valence-corrected chi connectivity index (χ3v) is 5.10. The van der Waals surface area contributed by atoms with Crippen LogP contribution in [0.25, 0.3) is 16.9 Å². The molecule has 2 heterocycles. The molecular formula is C24H23N5O3. The molecule has 1 amide bonds. The average Bonchev–Trinajstić information content (AvgIpc) is 3.28. The van der Waals surface area contributed by atoms with Gasteiger partial charge in [-0.1, -0.05) is 36.4 Å². The second-order valence-electron chi connectivity index (χ2n) is 7.40. The van der Waals surface area contributed by atoms with Crippen molar-refractivity contribution in [1.29, 1.82) is 0 Å². The van der Waals surface area contributed by atoms with Crippen molar-refractivity contribution in [2.75, 3.05) is 12.4 Å². The van der Waals surface area contributed by atoms with Gasteiger partial charge >= 0.3 is 5.97 Å². The number of nitrogens with zero attached hydrogens (tertiary/aromatic N) is 3. The lowest BCUT2D eigenvalue weighted by Crippen LogP contribution is -2.18. The first-order valence-electron chi connectivity index (χ1n) is 10.1. The van der Waals surface area contributed by atoms with E-state index >= 15 is 0 Å². The molecule has 32 heavy (non-hydrogen) atoms. The summed E-state index contributed by atoms with van der Waals surface area (Å²) in [4.78, 5) is 29.6. The highest BCUT2D eigenvalue weighted by molar-refractivity contribution is 6.08. The monoisotopic (exact) mass is 429 g/mol. The van der Waals surface area contributed by atoms with E-state index < -0.39 is 5.91 Å². The molecule has 0 aliphatic heterocycles. The van der Waals surface area contributed by atoms with E-state index in [0.717, 1.165) is 11.1 Å². The number of hydrogen-bond donors (Lipinski definition) is 2. The number of nitrogens with one attached hydrogen (secondary N) is 1. The van der Waals surface area contributed by atoms with Gasteiger partial charge in [-0.25, -0.2) is 9.50 Å². The quantitative estimate of drug-likeness (QED) is 0.455. The molecule has 0 aliphatic rings. The van der Waals surface area contributed by atoms with Crippen molar-refractivity contribution >= 4 is 23.1 Å². The Balaban J connectivity index is 1.72. The van der Waals surface area contributed by atoms with E-state index in [-0.39, 0.29) is 24.1 Å². The minimum absolute atomic E-state index is 0.0482. The van der Waals surface area contributed by atoms with Gasteiger partial charge in [-0.15, -0.1) is 5.10 Å². The Labute approximate surface area is 185 Å². The molecule has 0 saturated carbocycles. The van der Waals surface area contributed by atoms with Gasteiger partial charge in [0.1, 0.15) is 0 Å². The van der Waals surface area contributed by atoms with Crippen LogP contribution in [0.3, 0.4) is 0 Å². The van der Waals surface area contributed by atoms with Crippen molar-refractivity contribution in [2.24, 2.45) is 5.73 Å². The van der Waals surface area contributed by atoms with Gasteiger partial charge in [-0.3, -0.25) is 9.59 Å². The van der Waals surface area contributed by atoms with E-state index in [0.29, 0.717) is 22.6 Å². The van der Waals surface area contributed by atoms with Gasteiger partial charge in [0.05, 0.1) is 19.0 Å². The van der Waals surface area contributed by atoms with Crippen LogP contribution in [0.5, 0.6) is 0 Å². The summed E-state index contributed by atoms with van der Waals surface area (Å²) in [5.74, 6) is -0.388. The topological polar surface area (TPSA) is 112 Å². The van der Waals surface area contributed by atoms with Gasteiger partial charge in [0, 0.05) is 23.5 Å². The Morgan fingerprint density at radius 3 is 2.72 bits per heavy atom. The fourth-order valence-electron chi connectivity index (χ4n) is 3.39. The number of hydrogen-bond acceptors (Lipinski definition) is 6. The number of anilines is 1. The van der Waals surface area contributed by atoms with E-state index in [4.69, 9.17) is 10.5 Å². The molecular weight excluding hydrogens is 406 g/mol. The average molecular weight is 429 g/mol. The minimum atomic E-state index is -0.405. The number of fused-ring (bicyclic) bond motifs is 1. The zero-order chi connectivity index (χ0) is 22.7. The van der Waals surface area contributed by atoms with E-state index in [2.05, 4.69) is 15.4 Å². The maximum Gasteiger partial charge on any atom is 0.310 e. The lowest BCUT2D eigenvalue weighted by Gasteiger charge is -2.12. The van der Waals surface area contributed by atoms with Crippen LogP contribution in [0, 0.1) is 0 Å². The van der Waals surface area contributed by atoms with Crippen LogP contribution in [-0.2, 0) is 16.0 Å². The van der Waals surface area contributed by atoms with Crippen LogP contribution in [-0.4, -0.2) is 33.6 Å². The van der Waals surface area contributed by atoms with Crippen molar-refractivity contribution in [3.8, 4) is 11.4 Å². The number of para-hydroxylation sites is 1. The van der Waals surface area contributed by atoms with Gasteiger partial charge in [0.15, 0.2) is 11.5 Å². The normalized spacial score (nSPS) is 11.8. The van der Waals surface area contributed by atoms with Gasteiger partial charge in [-0.05, 0) is 42.3 Å². The Morgan fingerprint density at radius 1 is 1.12 bits per heavy atom. The van der Waals surface area contributed by atoms with Gasteiger partial charge < -0.3 is 15.8 Å². The Hall–Kier alpha value is -4.04. The smallest absolute Gasteiger partial charge is 0.310 e. The van der Waals surface area contributed by atoms with Crippen LogP contribution in [0.4, 0.5) is 5.69 Å². The fourth-order valence-corrected chi connectivity index (χ4v) is 3.39. The number of ether oxygens (including phenoxy) is 1. The molecule has 1 atom stereocenters. The Kier molecular flexibility index (Phi) is 5.96. The lowest BCUT2D eigenvalue weighted by atomic mass is 10.1. The van der Waals surface area contributed by atoms with E-state index in [1.807, 2.05) is 31.2 Å². The standard InChI is InChI=1S/C24H23N5O3/c1-15(25)16-8-5-9-18(13-16)23-27-22(20-11-6-12-29(20)28-23)24(31)26-19-10-4-3-7-17(19)14-21(30)32-2/h3-13,15H,14,25H2,1-2H3,(H,26,31). The highest BCUT2D eigenvalue weighted by Crippen LogP contribution is 2.23. The Bertz CT molecular complexity index is 1300. The molecule has 4 rings (SSSR count). The molecule has 0 spiro atoms. The number of esters is 1. The van der Waals surface area contributed by atoms with Crippen molar-refractivity contribution in [3.05, 3.63) is 83.7 Å². The largest absolute Gasteiger partial charge is 0.469 e. The second kappa shape index (κ2) is 8.99. The van der Waals surface area contributed by atoms with Crippen molar-refractivity contribution in [2.45, 2.75) is 19.4 Å². The molecule has 0 fully saturated rings. The van der Waals surface area contributed by atoms with E-state index in [1.54, 1.807) is 47.1 Å². The zero-order valence-corrected chi connectivity index (χ0v) is 17.8. The molecule has 0 radical (unpaired) electrons. The van der Waals surface area contributed by atoms with Crippen LogP contribution < -0.4 is 11.1 Å². The maximum absolute atomic E-state index is 13.2. The summed E-state index contributed by atoms with van der Waals surface area (Å²) in [6.45, 7) is 1.90. The summed E-state index contributed by atoms with van der Waals surface area (Å²) in [7, 11) is 1.33. The molecule has 8 nitrogen and oxygen atoms in total. The number of nitrogens with two attached hydrogens (primary N) is 1. The van der Waals surface area contributed by atoms with Crippen LogP contribution in [0.15, 0.2) is 66.9 Å².